The van der Waals surface area contributed by atoms with Crippen LogP contribution in [0.25, 0.3) is 0 Å². The SMILES string of the molecule is COc1ccc(C2CC(=O)C3=C(C2)NC(C)=C(C(=O)OCC(C)C)C3c2cccc([N+](=O)[O-])c2)cc1OC. The van der Waals surface area contributed by atoms with E-state index < -0.39 is 16.8 Å². The monoisotopic (exact) mass is 520 g/mol. The number of benzene rings is 2. The number of dihydropyridines is 1. The Kier molecular flexibility index (Phi) is 7.85. The minimum atomic E-state index is -0.773. The van der Waals surface area contributed by atoms with Crippen LogP contribution in [0.15, 0.2) is 65.0 Å². The van der Waals surface area contributed by atoms with Crippen molar-refractivity contribution in [2.75, 3.05) is 20.8 Å². The fourth-order valence-electron chi connectivity index (χ4n) is 5.12. The van der Waals surface area contributed by atoms with Crippen LogP contribution in [0.3, 0.4) is 0 Å². The average Bonchev–Trinajstić information content (AvgIpc) is 2.90. The minimum absolute atomic E-state index is 0.109. The summed E-state index contributed by atoms with van der Waals surface area (Å²) in [6.45, 7) is 5.86. The Hall–Kier alpha value is -4.14. The summed E-state index contributed by atoms with van der Waals surface area (Å²) in [7, 11) is 3.13. The second-order valence-corrected chi connectivity index (χ2v) is 9.98. The highest BCUT2D eigenvalue weighted by molar-refractivity contribution is 6.04. The molecule has 9 nitrogen and oxygen atoms in total. The fraction of sp³-hybridized carbons (Fsp3) is 0.379. The largest absolute Gasteiger partial charge is 0.493 e. The number of hydrogen-bond acceptors (Lipinski definition) is 8. The predicted molar refractivity (Wildman–Crippen MR) is 141 cm³/mol. The average molecular weight is 521 g/mol. The minimum Gasteiger partial charge on any atom is -0.493 e. The van der Waals surface area contributed by atoms with E-state index in [-0.39, 0.29) is 36.3 Å². The van der Waals surface area contributed by atoms with Gasteiger partial charge in [-0.25, -0.2) is 4.79 Å². The van der Waals surface area contributed by atoms with Crippen LogP contribution >= 0.6 is 0 Å². The van der Waals surface area contributed by atoms with Crippen molar-refractivity contribution in [2.24, 2.45) is 5.92 Å². The molecular formula is C29H32N2O7. The number of nitrogens with zero attached hydrogens (tertiary/aromatic N) is 1. The Morgan fingerprint density at radius 3 is 2.47 bits per heavy atom. The van der Waals surface area contributed by atoms with E-state index in [0.29, 0.717) is 46.0 Å². The lowest BCUT2D eigenvalue weighted by atomic mass is 9.71. The Morgan fingerprint density at radius 1 is 1.08 bits per heavy atom. The van der Waals surface area contributed by atoms with Crippen LogP contribution in [-0.4, -0.2) is 37.5 Å². The molecule has 0 spiro atoms. The molecule has 1 heterocycles. The van der Waals surface area contributed by atoms with Gasteiger partial charge in [0.15, 0.2) is 17.3 Å². The number of ether oxygens (including phenoxy) is 3. The molecule has 200 valence electrons. The van der Waals surface area contributed by atoms with Gasteiger partial charge in [-0.3, -0.25) is 14.9 Å². The Bertz CT molecular complexity index is 1340. The lowest BCUT2D eigenvalue weighted by Crippen LogP contribution is -2.36. The van der Waals surface area contributed by atoms with Gasteiger partial charge in [0.05, 0.1) is 31.3 Å². The molecule has 2 unspecified atom stereocenters. The number of esters is 1. The topological polar surface area (TPSA) is 117 Å². The Labute approximate surface area is 221 Å². The quantitative estimate of drug-likeness (QED) is 0.288. The molecule has 1 aliphatic carbocycles. The summed E-state index contributed by atoms with van der Waals surface area (Å²) in [4.78, 5) is 38.1. The highest BCUT2D eigenvalue weighted by atomic mass is 16.6. The number of carbonyl (C=O) groups excluding carboxylic acids is 2. The maximum atomic E-state index is 13.8. The van der Waals surface area contributed by atoms with E-state index in [2.05, 4.69) is 5.32 Å². The van der Waals surface area contributed by atoms with Gasteiger partial charge in [0.25, 0.3) is 5.69 Å². The normalized spacial score (nSPS) is 19.2. The van der Waals surface area contributed by atoms with E-state index in [1.807, 2.05) is 32.0 Å². The van der Waals surface area contributed by atoms with Gasteiger partial charge in [0.2, 0.25) is 0 Å². The number of carbonyl (C=O) groups is 2. The lowest BCUT2D eigenvalue weighted by Gasteiger charge is -2.36. The van der Waals surface area contributed by atoms with Gasteiger partial charge in [-0.15, -0.1) is 0 Å². The number of ketones is 1. The van der Waals surface area contributed by atoms with E-state index in [9.17, 15) is 19.7 Å². The van der Waals surface area contributed by atoms with Gasteiger partial charge in [0.1, 0.15) is 0 Å². The molecule has 1 aliphatic heterocycles. The third-order valence-electron chi connectivity index (χ3n) is 6.89. The maximum Gasteiger partial charge on any atom is 0.336 e. The van der Waals surface area contributed by atoms with Crippen LogP contribution in [-0.2, 0) is 14.3 Å². The molecule has 38 heavy (non-hydrogen) atoms. The van der Waals surface area contributed by atoms with Crippen LogP contribution in [0.2, 0.25) is 0 Å². The number of methoxy groups -OCH3 is 2. The standard InChI is InChI=1S/C29H32N2O7/c1-16(2)15-38-29(33)26-17(3)30-22-12-20(18-9-10-24(36-4)25(14-18)37-5)13-23(32)28(22)27(26)19-7-6-8-21(11-19)31(34)35/h6-11,14,16,20,27,30H,12-13,15H2,1-5H3. The smallest absolute Gasteiger partial charge is 0.336 e. The first-order chi connectivity index (χ1) is 18.1. The summed E-state index contributed by atoms with van der Waals surface area (Å²) < 4.78 is 16.4. The zero-order chi connectivity index (χ0) is 27.6. The molecule has 0 saturated heterocycles. The van der Waals surface area contributed by atoms with E-state index in [0.717, 1.165) is 5.56 Å². The fourth-order valence-corrected chi connectivity index (χ4v) is 5.12. The lowest BCUT2D eigenvalue weighted by molar-refractivity contribution is -0.384. The van der Waals surface area contributed by atoms with E-state index in [1.165, 1.54) is 12.1 Å². The Morgan fingerprint density at radius 2 is 1.82 bits per heavy atom. The molecule has 4 rings (SSSR count). The molecule has 1 N–H and O–H groups in total. The van der Waals surface area contributed by atoms with Gasteiger partial charge in [-0.05, 0) is 48.4 Å². The third-order valence-corrected chi connectivity index (χ3v) is 6.89. The van der Waals surface area contributed by atoms with Crippen molar-refractivity contribution in [1.82, 2.24) is 5.32 Å². The van der Waals surface area contributed by atoms with E-state index in [1.54, 1.807) is 33.3 Å². The molecule has 0 saturated carbocycles. The van der Waals surface area contributed by atoms with Crippen molar-refractivity contribution in [3.05, 3.63) is 86.2 Å². The number of non-ortho nitro benzene ring substituents is 1. The second kappa shape index (κ2) is 11.1. The summed E-state index contributed by atoms with van der Waals surface area (Å²) in [5.41, 5.74) is 3.33. The van der Waals surface area contributed by atoms with Gasteiger partial charge >= 0.3 is 5.97 Å². The van der Waals surface area contributed by atoms with E-state index >= 15 is 0 Å². The summed E-state index contributed by atoms with van der Waals surface area (Å²) in [6.07, 6.45) is 0.739. The Balaban J connectivity index is 1.78. The first-order valence-corrected chi connectivity index (χ1v) is 12.5. The number of allylic oxidation sites excluding steroid dienone is 3. The number of Topliss-reactive ketones (excluding diaryl/α,β-unsaturated/α-hetero) is 1. The summed E-state index contributed by atoms with van der Waals surface area (Å²) in [5, 5.41) is 14.8. The highest BCUT2D eigenvalue weighted by Crippen LogP contribution is 2.47. The van der Waals surface area contributed by atoms with Crippen LogP contribution in [0.1, 0.15) is 56.6 Å². The highest BCUT2D eigenvalue weighted by Gasteiger charge is 2.42. The maximum absolute atomic E-state index is 13.8. The zero-order valence-electron chi connectivity index (χ0n) is 22.2. The van der Waals surface area contributed by atoms with Crippen molar-refractivity contribution in [2.45, 2.75) is 45.4 Å². The summed E-state index contributed by atoms with van der Waals surface area (Å²) >= 11 is 0. The molecule has 2 atom stereocenters. The molecule has 2 aliphatic rings. The summed E-state index contributed by atoms with van der Waals surface area (Å²) in [5.74, 6) is -0.261. The molecule has 9 heteroatoms. The number of nitro benzene ring substituents is 1. The first-order valence-electron chi connectivity index (χ1n) is 12.5. The molecule has 0 radical (unpaired) electrons. The first kappa shape index (κ1) is 26.9. The van der Waals surface area contributed by atoms with Crippen molar-refractivity contribution in [3.63, 3.8) is 0 Å². The van der Waals surface area contributed by atoms with Crippen LogP contribution in [0, 0.1) is 16.0 Å². The second-order valence-electron chi connectivity index (χ2n) is 9.98. The van der Waals surface area contributed by atoms with Crippen molar-refractivity contribution < 1.29 is 28.7 Å². The van der Waals surface area contributed by atoms with Crippen molar-refractivity contribution in [1.29, 1.82) is 0 Å². The molecule has 2 aromatic rings. The molecule has 0 aromatic heterocycles. The van der Waals surface area contributed by atoms with Crippen LogP contribution < -0.4 is 14.8 Å². The van der Waals surface area contributed by atoms with E-state index in [4.69, 9.17) is 14.2 Å². The number of hydrogen-bond donors (Lipinski definition) is 1. The van der Waals surface area contributed by atoms with Crippen LogP contribution in [0.5, 0.6) is 11.5 Å². The van der Waals surface area contributed by atoms with Crippen molar-refractivity contribution >= 4 is 17.4 Å². The van der Waals surface area contributed by atoms with Gasteiger partial charge < -0.3 is 19.5 Å². The molecule has 0 fully saturated rings. The van der Waals surface area contributed by atoms with Gasteiger partial charge in [0, 0.05) is 41.4 Å². The van der Waals surface area contributed by atoms with Gasteiger partial charge in [-0.1, -0.05) is 32.0 Å². The number of nitrogens with one attached hydrogen (secondary N) is 1. The van der Waals surface area contributed by atoms with Crippen molar-refractivity contribution in [3.8, 4) is 11.5 Å². The predicted octanol–water partition coefficient (Wildman–Crippen LogP) is 5.17. The molecule has 0 bridgehead atoms. The van der Waals surface area contributed by atoms with Gasteiger partial charge in [-0.2, -0.15) is 0 Å². The van der Waals surface area contributed by atoms with Crippen LogP contribution in [0.4, 0.5) is 5.69 Å². The number of rotatable bonds is 8. The third kappa shape index (κ3) is 5.27. The molecule has 2 aromatic carbocycles. The molecule has 0 amide bonds. The molecular weight excluding hydrogens is 488 g/mol. The summed E-state index contributed by atoms with van der Waals surface area (Å²) in [6, 6.07) is 11.7. The number of nitro groups is 1. The zero-order valence-corrected chi connectivity index (χ0v) is 22.2.